The van der Waals surface area contributed by atoms with Crippen molar-refractivity contribution in [1.82, 2.24) is 5.32 Å². The first-order valence-electron chi connectivity index (χ1n) is 10.9. The molecule has 0 bridgehead atoms. The molecule has 1 amide bonds. The van der Waals surface area contributed by atoms with Gasteiger partial charge in [0.05, 0.1) is 5.57 Å². The minimum Gasteiger partial charge on any atom is -0.466 e. The van der Waals surface area contributed by atoms with Crippen LogP contribution in [0, 0.1) is 19.3 Å². The van der Waals surface area contributed by atoms with Gasteiger partial charge in [0.2, 0.25) is 6.29 Å². The lowest BCUT2D eigenvalue weighted by molar-refractivity contribution is -0.175. The van der Waals surface area contributed by atoms with Crippen LogP contribution in [0.1, 0.15) is 63.6 Å². The van der Waals surface area contributed by atoms with E-state index in [0.29, 0.717) is 23.4 Å². The van der Waals surface area contributed by atoms with E-state index in [1.54, 1.807) is 32.9 Å². The normalized spacial score (nSPS) is 20.3. The number of rotatable bonds is 9. The highest BCUT2D eigenvalue weighted by Gasteiger charge is 2.48. The number of ether oxygens (including phenoxy) is 2. The van der Waals surface area contributed by atoms with Crippen LogP contribution in [0.5, 0.6) is 0 Å². The van der Waals surface area contributed by atoms with Crippen molar-refractivity contribution in [3.63, 3.8) is 0 Å². The predicted octanol–water partition coefficient (Wildman–Crippen LogP) is 5.69. The molecule has 1 aromatic rings. The van der Waals surface area contributed by atoms with E-state index in [1.807, 2.05) is 20.8 Å². The molecule has 1 aromatic carbocycles. The van der Waals surface area contributed by atoms with Gasteiger partial charge in [-0.2, -0.15) is 13.2 Å². The second-order valence-corrected chi connectivity index (χ2v) is 10.1. The lowest BCUT2D eigenvalue weighted by atomic mass is 9.86. The number of nitrogens with one attached hydrogen (secondary N) is 1. The molecule has 0 fully saturated rings. The summed E-state index contributed by atoms with van der Waals surface area (Å²) in [5, 5.41) is 14.2. The fraction of sp³-hybridized carbons (Fsp3) is 0.625. The summed E-state index contributed by atoms with van der Waals surface area (Å²) in [6, 6.07) is 3.46. The Hall–Kier alpha value is -1.77. The van der Waals surface area contributed by atoms with Gasteiger partial charge in [-0.15, -0.1) is 0 Å². The number of hydrogen-bond donors (Lipinski definition) is 2. The molecular formula is C24H33ClF3NO4. The number of alkyl halides is 3. The molecule has 2 rings (SSSR count). The molecule has 0 radical (unpaired) electrons. The third-order valence-electron chi connectivity index (χ3n) is 5.58. The first-order chi connectivity index (χ1) is 15.1. The standard InChI is InChI=1S/C24H33ClF3NO4/c1-7-8-23(9-10-32-13-24(26,27)28)19(33-21(31)22(4,5)6)18(20(30)29-23)17-14(2)11-16(25)12-15(17)3/h11-12,21,31H,7-10,13H2,1-6H3,(H,29,30). The summed E-state index contributed by atoms with van der Waals surface area (Å²) >= 11 is 6.18. The first kappa shape index (κ1) is 27.5. The number of benzene rings is 1. The van der Waals surface area contributed by atoms with Crippen molar-refractivity contribution in [3.05, 3.63) is 39.6 Å². The molecule has 0 saturated heterocycles. The highest BCUT2D eigenvalue weighted by molar-refractivity contribution is 6.31. The lowest BCUT2D eigenvalue weighted by Crippen LogP contribution is -2.47. The summed E-state index contributed by atoms with van der Waals surface area (Å²) in [7, 11) is 0. The highest BCUT2D eigenvalue weighted by atomic mass is 35.5. The van der Waals surface area contributed by atoms with Crippen molar-refractivity contribution in [3.8, 4) is 0 Å². The topological polar surface area (TPSA) is 67.8 Å². The Kier molecular flexibility index (Phi) is 8.52. The van der Waals surface area contributed by atoms with Gasteiger partial charge in [-0.1, -0.05) is 45.7 Å². The van der Waals surface area contributed by atoms with Gasteiger partial charge in [0.1, 0.15) is 17.9 Å². The van der Waals surface area contributed by atoms with Crippen molar-refractivity contribution >= 4 is 23.1 Å². The maximum absolute atomic E-state index is 13.3. The van der Waals surface area contributed by atoms with Gasteiger partial charge in [0.25, 0.3) is 5.91 Å². The zero-order valence-corrected chi connectivity index (χ0v) is 20.7. The van der Waals surface area contributed by atoms with Gasteiger partial charge in [-0.05, 0) is 49.1 Å². The van der Waals surface area contributed by atoms with Crippen LogP contribution < -0.4 is 5.32 Å². The van der Waals surface area contributed by atoms with Crippen LogP contribution in [0.15, 0.2) is 17.9 Å². The lowest BCUT2D eigenvalue weighted by Gasteiger charge is -2.36. The number of amides is 1. The smallest absolute Gasteiger partial charge is 0.411 e. The van der Waals surface area contributed by atoms with E-state index in [4.69, 9.17) is 21.1 Å². The third-order valence-corrected chi connectivity index (χ3v) is 5.79. The van der Waals surface area contributed by atoms with E-state index in [1.165, 1.54) is 0 Å². The van der Waals surface area contributed by atoms with Crippen LogP contribution in [-0.4, -0.2) is 42.2 Å². The monoisotopic (exact) mass is 491 g/mol. The summed E-state index contributed by atoms with van der Waals surface area (Å²) in [4.78, 5) is 13.3. The second kappa shape index (κ2) is 10.2. The Morgan fingerprint density at radius 1 is 1.15 bits per heavy atom. The van der Waals surface area contributed by atoms with Gasteiger partial charge >= 0.3 is 6.18 Å². The fourth-order valence-corrected chi connectivity index (χ4v) is 4.34. The summed E-state index contributed by atoms with van der Waals surface area (Å²) in [6.07, 6.45) is -4.63. The van der Waals surface area contributed by atoms with Crippen molar-refractivity contribution < 1.29 is 32.5 Å². The van der Waals surface area contributed by atoms with Gasteiger partial charge in [0.15, 0.2) is 0 Å². The van der Waals surface area contributed by atoms with Crippen LogP contribution >= 0.6 is 11.6 Å². The zero-order valence-electron chi connectivity index (χ0n) is 20.0. The minimum absolute atomic E-state index is 0.0596. The predicted molar refractivity (Wildman–Crippen MR) is 122 cm³/mol. The Balaban J connectivity index is 2.62. The average molecular weight is 492 g/mol. The Labute approximate surface area is 198 Å². The van der Waals surface area contributed by atoms with Crippen LogP contribution in [0.4, 0.5) is 13.2 Å². The number of aliphatic hydroxyl groups is 1. The molecule has 0 aromatic heterocycles. The van der Waals surface area contributed by atoms with E-state index in [0.717, 1.165) is 11.1 Å². The maximum Gasteiger partial charge on any atom is 0.411 e. The molecule has 5 nitrogen and oxygen atoms in total. The van der Waals surface area contributed by atoms with E-state index in [2.05, 4.69) is 5.32 Å². The number of carbonyl (C=O) groups excluding carboxylic acids is 1. The van der Waals surface area contributed by atoms with Crippen molar-refractivity contribution in [2.24, 2.45) is 5.41 Å². The van der Waals surface area contributed by atoms with Crippen LogP contribution in [-0.2, 0) is 14.3 Å². The molecule has 9 heteroatoms. The Morgan fingerprint density at radius 3 is 2.21 bits per heavy atom. The number of aliphatic hydroxyl groups excluding tert-OH is 1. The quantitative estimate of drug-likeness (QED) is 0.344. The molecule has 186 valence electrons. The average Bonchev–Trinajstić information content (AvgIpc) is 2.89. The van der Waals surface area contributed by atoms with Crippen LogP contribution in [0.2, 0.25) is 5.02 Å². The summed E-state index contributed by atoms with van der Waals surface area (Å²) in [5.41, 5.74) is 0.599. The summed E-state index contributed by atoms with van der Waals surface area (Å²) in [5.74, 6) is -0.190. The molecule has 0 saturated carbocycles. The van der Waals surface area contributed by atoms with E-state index in [-0.39, 0.29) is 24.4 Å². The number of hydrogen-bond acceptors (Lipinski definition) is 4. The number of carbonyl (C=O) groups is 1. The first-order valence-corrected chi connectivity index (χ1v) is 11.3. The molecule has 2 unspecified atom stereocenters. The molecule has 0 aliphatic carbocycles. The van der Waals surface area contributed by atoms with Crippen molar-refractivity contribution in [2.45, 2.75) is 78.8 Å². The van der Waals surface area contributed by atoms with Gasteiger partial charge in [0, 0.05) is 23.5 Å². The highest BCUT2D eigenvalue weighted by Crippen LogP contribution is 2.43. The number of halogens is 4. The largest absolute Gasteiger partial charge is 0.466 e. The van der Waals surface area contributed by atoms with Crippen LogP contribution in [0.25, 0.3) is 5.57 Å². The van der Waals surface area contributed by atoms with Crippen LogP contribution in [0.3, 0.4) is 0 Å². The molecule has 1 aliphatic heterocycles. The second-order valence-electron chi connectivity index (χ2n) is 9.66. The van der Waals surface area contributed by atoms with Crippen molar-refractivity contribution in [2.75, 3.05) is 13.2 Å². The molecule has 0 spiro atoms. The SMILES string of the molecule is CCCC1(CCOCC(F)(F)F)NC(=O)C(c2c(C)cc(Cl)cc2C)=C1OC(O)C(C)(C)C. The number of aryl methyl sites for hydroxylation is 2. The Morgan fingerprint density at radius 2 is 1.73 bits per heavy atom. The molecule has 33 heavy (non-hydrogen) atoms. The molecule has 2 N–H and O–H groups in total. The van der Waals surface area contributed by atoms with Gasteiger partial charge in [-0.25, -0.2) is 0 Å². The molecule has 1 heterocycles. The summed E-state index contributed by atoms with van der Waals surface area (Å²) < 4.78 is 48.6. The maximum atomic E-state index is 13.3. The molecule has 1 aliphatic rings. The van der Waals surface area contributed by atoms with E-state index < -0.39 is 35.9 Å². The molecular weight excluding hydrogens is 459 g/mol. The van der Waals surface area contributed by atoms with Crippen molar-refractivity contribution in [1.29, 1.82) is 0 Å². The van der Waals surface area contributed by atoms with Gasteiger partial charge < -0.3 is 19.9 Å². The third kappa shape index (κ3) is 6.64. The Bertz CT molecular complexity index is 885. The molecule has 2 atom stereocenters. The van der Waals surface area contributed by atoms with E-state index >= 15 is 0 Å². The summed E-state index contributed by atoms with van der Waals surface area (Å²) in [6.45, 7) is 9.27. The zero-order chi connectivity index (χ0) is 25.2. The van der Waals surface area contributed by atoms with E-state index in [9.17, 15) is 23.1 Å². The fourth-order valence-electron chi connectivity index (χ4n) is 4.01. The minimum atomic E-state index is -4.45. The van der Waals surface area contributed by atoms with Gasteiger partial charge in [-0.3, -0.25) is 4.79 Å².